The Morgan fingerprint density at radius 1 is 1.10 bits per heavy atom. The molecular formula is C28H46O2. The maximum Gasteiger partial charge on any atom is 0.0651 e. The minimum Gasteiger partial charge on any atom is -0.393 e. The van der Waals surface area contributed by atoms with Gasteiger partial charge in [0.05, 0.1) is 11.7 Å². The Hall–Kier alpha value is -0.860. The van der Waals surface area contributed by atoms with Crippen LogP contribution in [0.2, 0.25) is 0 Å². The van der Waals surface area contributed by atoms with Crippen molar-refractivity contribution in [3.05, 3.63) is 35.5 Å². The van der Waals surface area contributed by atoms with Crippen LogP contribution < -0.4 is 0 Å². The molecule has 0 spiro atoms. The molecule has 3 rings (SSSR count). The van der Waals surface area contributed by atoms with E-state index in [4.69, 9.17) is 0 Å². The van der Waals surface area contributed by atoms with Gasteiger partial charge in [-0.1, -0.05) is 63.1 Å². The maximum absolute atomic E-state index is 10.3. The van der Waals surface area contributed by atoms with Crippen molar-refractivity contribution in [2.75, 3.05) is 0 Å². The molecule has 0 heterocycles. The van der Waals surface area contributed by atoms with Crippen LogP contribution in [0.4, 0.5) is 0 Å². The number of fused-ring (bicyclic) bond motifs is 1. The van der Waals surface area contributed by atoms with E-state index in [9.17, 15) is 10.2 Å². The zero-order valence-corrected chi connectivity index (χ0v) is 20.3. The second-order valence-electron chi connectivity index (χ2n) is 11.8. The highest BCUT2D eigenvalue weighted by atomic mass is 16.3. The van der Waals surface area contributed by atoms with Crippen LogP contribution in [-0.4, -0.2) is 21.9 Å². The lowest BCUT2D eigenvalue weighted by atomic mass is 9.61. The lowest BCUT2D eigenvalue weighted by Crippen LogP contribution is -2.35. The van der Waals surface area contributed by atoms with Gasteiger partial charge in [-0.2, -0.15) is 0 Å². The van der Waals surface area contributed by atoms with Crippen molar-refractivity contribution in [3.63, 3.8) is 0 Å². The van der Waals surface area contributed by atoms with Gasteiger partial charge < -0.3 is 10.2 Å². The van der Waals surface area contributed by atoms with Gasteiger partial charge in [-0.3, -0.25) is 0 Å². The monoisotopic (exact) mass is 414 g/mol. The average molecular weight is 415 g/mol. The van der Waals surface area contributed by atoms with Gasteiger partial charge >= 0.3 is 0 Å². The van der Waals surface area contributed by atoms with Gasteiger partial charge in [0.1, 0.15) is 0 Å². The number of rotatable bonds is 5. The molecule has 0 bridgehead atoms. The molecule has 0 aromatic rings. The number of allylic oxidation sites excluding steroid dienone is 4. The van der Waals surface area contributed by atoms with Crippen LogP contribution in [0.15, 0.2) is 35.5 Å². The van der Waals surface area contributed by atoms with E-state index in [1.165, 1.54) is 37.7 Å². The van der Waals surface area contributed by atoms with Crippen molar-refractivity contribution in [1.82, 2.24) is 0 Å². The summed E-state index contributed by atoms with van der Waals surface area (Å²) in [5.74, 6) is 2.76. The Morgan fingerprint density at radius 3 is 2.50 bits per heavy atom. The van der Waals surface area contributed by atoms with Crippen molar-refractivity contribution >= 4 is 0 Å². The van der Waals surface area contributed by atoms with E-state index in [0.717, 1.165) is 25.2 Å². The first-order chi connectivity index (χ1) is 14.0. The minimum absolute atomic E-state index is 0.148. The van der Waals surface area contributed by atoms with Crippen LogP contribution >= 0.6 is 0 Å². The molecule has 3 aliphatic rings. The molecule has 7 atom stereocenters. The van der Waals surface area contributed by atoms with Gasteiger partial charge in [-0.15, -0.1) is 0 Å². The Bertz CT molecular complexity index is 667. The lowest BCUT2D eigenvalue weighted by molar-refractivity contribution is 0.0436. The molecule has 0 unspecified atom stereocenters. The molecule has 3 fully saturated rings. The molecule has 2 heteroatoms. The van der Waals surface area contributed by atoms with Crippen LogP contribution in [-0.2, 0) is 0 Å². The van der Waals surface area contributed by atoms with E-state index in [1.54, 1.807) is 5.57 Å². The van der Waals surface area contributed by atoms with Crippen LogP contribution in [0.1, 0.15) is 92.9 Å². The number of hydrogen-bond acceptors (Lipinski definition) is 2. The summed E-state index contributed by atoms with van der Waals surface area (Å²) in [4.78, 5) is 0. The van der Waals surface area contributed by atoms with E-state index in [-0.39, 0.29) is 12.0 Å². The lowest BCUT2D eigenvalue weighted by Gasteiger charge is -2.44. The zero-order chi connectivity index (χ0) is 22.1. The van der Waals surface area contributed by atoms with Crippen molar-refractivity contribution < 1.29 is 10.2 Å². The Balaban J connectivity index is 1.73. The van der Waals surface area contributed by atoms with Crippen molar-refractivity contribution in [2.45, 2.75) is 105 Å². The third-order valence-corrected chi connectivity index (χ3v) is 8.81. The van der Waals surface area contributed by atoms with E-state index in [2.05, 4.69) is 52.0 Å². The molecule has 3 aliphatic carbocycles. The molecule has 0 radical (unpaired) electrons. The van der Waals surface area contributed by atoms with E-state index in [1.807, 2.05) is 13.8 Å². The summed E-state index contributed by atoms with van der Waals surface area (Å²) in [7, 11) is 0. The zero-order valence-electron chi connectivity index (χ0n) is 20.3. The van der Waals surface area contributed by atoms with Crippen LogP contribution in [0.25, 0.3) is 0 Å². The summed E-state index contributed by atoms with van der Waals surface area (Å²) in [5, 5.41) is 20.4. The normalized spacial score (nSPS) is 40.1. The molecule has 2 N–H and O–H groups in total. The third kappa shape index (κ3) is 5.30. The quantitative estimate of drug-likeness (QED) is 0.484. The van der Waals surface area contributed by atoms with Crippen LogP contribution in [0.3, 0.4) is 0 Å². The largest absolute Gasteiger partial charge is 0.393 e. The van der Waals surface area contributed by atoms with Gasteiger partial charge in [-0.05, 0) is 94.3 Å². The second-order valence-corrected chi connectivity index (χ2v) is 11.8. The van der Waals surface area contributed by atoms with Crippen molar-refractivity contribution in [1.29, 1.82) is 0 Å². The number of aliphatic hydroxyl groups excluding tert-OH is 1. The highest BCUT2D eigenvalue weighted by Gasteiger charge is 2.50. The molecule has 2 nitrogen and oxygen atoms in total. The fraction of sp³-hybridized carbons (Fsp3) is 0.786. The predicted octanol–water partition coefficient (Wildman–Crippen LogP) is 6.84. The van der Waals surface area contributed by atoms with Gasteiger partial charge in [0.15, 0.2) is 0 Å². The highest BCUT2D eigenvalue weighted by molar-refractivity contribution is 5.26. The fourth-order valence-corrected chi connectivity index (χ4v) is 6.68. The van der Waals surface area contributed by atoms with Crippen LogP contribution in [0, 0.1) is 35.0 Å². The minimum atomic E-state index is -0.656. The van der Waals surface area contributed by atoms with Gasteiger partial charge in [0, 0.05) is 5.92 Å². The Kier molecular flexibility index (Phi) is 7.40. The average Bonchev–Trinajstić information content (AvgIpc) is 3.00. The standard InChI is InChI=1S/C28H46O2/c1-19-16-22(18-24(29)17-19)11-12-23-8-7-15-28(6)25(13-14-26(23)28)20(2)9-10-21(3)27(4,5)30/h9-12,19-21,24-26,29-30H,7-8,13-18H2,1-6H3/b10-9+,22-11-,23-12+/t19-,20-,21+,24+,25-,26+,28-/m1/s1. The molecular weight excluding hydrogens is 368 g/mol. The predicted molar refractivity (Wildman–Crippen MR) is 127 cm³/mol. The Morgan fingerprint density at radius 2 is 1.83 bits per heavy atom. The van der Waals surface area contributed by atoms with E-state index < -0.39 is 5.60 Å². The molecule has 0 saturated heterocycles. The molecule has 0 aliphatic heterocycles. The SMILES string of the molecule is C[C@@H]1C/C(=C/C=C2\CCC[C@]3(C)[C@@H]([C@H](C)/C=C/[C@H](C)C(C)(C)O)CC[C@@H]23)C[C@@H](O)C1. The van der Waals surface area contributed by atoms with E-state index >= 15 is 0 Å². The smallest absolute Gasteiger partial charge is 0.0651 e. The summed E-state index contributed by atoms with van der Waals surface area (Å²) in [6.07, 6.45) is 18.7. The van der Waals surface area contributed by atoms with Crippen molar-refractivity contribution in [2.24, 2.45) is 35.0 Å². The van der Waals surface area contributed by atoms with Crippen LogP contribution in [0.5, 0.6) is 0 Å². The maximum atomic E-state index is 10.3. The van der Waals surface area contributed by atoms with Gasteiger partial charge in [0.25, 0.3) is 0 Å². The topological polar surface area (TPSA) is 40.5 Å². The van der Waals surface area contributed by atoms with Gasteiger partial charge in [0.2, 0.25) is 0 Å². The summed E-state index contributed by atoms with van der Waals surface area (Å²) >= 11 is 0. The first-order valence-electron chi connectivity index (χ1n) is 12.5. The van der Waals surface area contributed by atoms with E-state index in [0.29, 0.717) is 23.2 Å². The Labute approximate surface area is 185 Å². The third-order valence-electron chi connectivity index (χ3n) is 8.81. The second kappa shape index (κ2) is 9.33. The molecule has 3 saturated carbocycles. The fourth-order valence-electron chi connectivity index (χ4n) is 6.68. The number of aliphatic hydroxyl groups is 2. The molecule has 0 aromatic carbocycles. The summed E-state index contributed by atoms with van der Waals surface area (Å²) in [5.41, 5.74) is 2.83. The highest BCUT2D eigenvalue weighted by Crippen LogP contribution is 2.59. The molecule has 170 valence electrons. The summed E-state index contributed by atoms with van der Waals surface area (Å²) in [6, 6.07) is 0. The molecule has 0 aromatic heterocycles. The first kappa shape index (κ1) is 23.8. The van der Waals surface area contributed by atoms with Crippen molar-refractivity contribution in [3.8, 4) is 0 Å². The molecule has 0 amide bonds. The first-order valence-corrected chi connectivity index (χ1v) is 12.5. The summed E-state index contributed by atoms with van der Waals surface area (Å²) in [6.45, 7) is 13.1. The summed E-state index contributed by atoms with van der Waals surface area (Å²) < 4.78 is 0. The number of hydrogen-bond donors (Lipinski definition) is 2. The van der Waals surface area contributed by atoms with Gasteiger partial charge in [-0.25, -0.2) is 0 Å². The molecule has 30 heavy (non-hydrogen) atoms.